The van der Waals surface area contributed by atoms with Gasteiger partial charge in [-0.1, -0.05) is 6.08 Å². The molecule has 0 bridgehead atoms. The van der Waals surface area contributed by atoms with E-state index in [1.54, 1.807) is 19.6 Å². The summed E-state index contributed by atoms with van der Waals surface area (Å²) in [7, 11) is 5.53. The van der Waals surface area contributed by atoms with Crippen molar-refractivity contribution in [3.63, 3.8) is 0 Å². The van der Waals surface area contributed by atoms with Gasteiger partial charge in [-0.3, -0.25) is 4.79 Å². The van der Waals surface area contributed by atoms with Crippen molar-refractivity contribution in [2.75, 3.05) is 26.1 Å². The van der Waals surface area contributed by atoms with Crippen molar-refractivity contribution in [2.45, 2.75) is 13.8 Å². The fraction of sp³-hybridized carbons (Fsp3) is 0.278. The lowest BCUT2D eigenvalue weighted by Crippen LogP contribution is -2.10. The Kier molecular flexibility index (Phi) is 6.30. The number of anilines is 1. The number of aldehydes is 1. The number of thiophene rings is 1. The molecule has 0 amide bonds. The van der Waals surface area contributed by atoms with E-state index in [4.69, 9.17) is 4.74 Å². The van der Waals surface area contributed by atoms with Crippen molar-refractivity contribution in [3.8, 4) is 0 Å². The zero-order valence-corrected chi connectivity index (χ0v) is 15.8. The zero-order chi connectivity index (χ0) is 18.4. The standard InChI is InChI=1S/C18H22N4O2S/c1-6-13(9-12(2)24-5)20-11-21-17-15(10-23)25-18-16(17)14(22(3)4)7-8-19-18/h6-11H,1-5H3,(H,20,21)/b12-9+,13-6+. The highest BCUT2D eigenvalue weighted by molar-refractivity contribution is 7.21. The van der Waals surface area contributed by atoms with E-state index in [-0.39, 0.29) is 0 Å². The first-order valence-corrected chi connectivity index (χ1v) is 8.55. The van der Waals surface area contributed by atoms with Crippen molar-refractivity contribution in [3.05, 3.63) is 40.7 Å². The summed E-state index contributed by atoms with van der Waals surface area (Å²) in [5.41, 5.74) is 2.45. The molecule has 2 heterocycles. The van der Waals surface area contributed by atoms with Crippen LogP contribution in [0.15, 0.2) is 40.9 Å². The summed E-state index contributed by atoms with van der Waals surface area (Å²) in [5, 5.41) is 3.98. The Morgan fingerprint density at radius 3 is 2.80 bits per heavy atom. The molecular formula is C18H22N4O2S. The lowest BCUT2D eigenvalue weighted by molar-refractivity contribution is 0.112. The van der Waals surface area contributed by atoms with E-state index in [0.29, 0.717) is 10.6 Å². The maximum absolute atomic E-state index is 11.5. The minimum Gasteiger partial charge on any atom is -0.501 e. The number of aliphatic imine (C=N–C) groups is 1. The lowest BCUT2D eigenvalue weighted by Gasteiger charge is -2.13. The third-order valence-corrected chi connectivity index (χ3v) is 4.59. The van der Waals surface area contributed by atoms with Gasteiger partial charge in [0.05, 0.1) is 40.8 Å². The molecule has 0 atom stereocenters. The number of ether oxygens (including phenoxy) is 1. The number of hydrogen-bond donors (Lipinski definition) is 1. The maximum Gasteiger partial charge on any atom is 0.162 e. The van der Waals surface area contributed by atoms with Gasteiger partial charge in [0.15, 0.2) is 6.29 Å². The Labute approximate surface area is 151 Å². The van der Waals surface area contributed by atoms with Crippen LogP contribution in [-0.4, -0.2) is 38.8 Å². The molecule has 0 spiro atoms. The number of carbonyl (C=O) groups is 1. The number of nitrogens with one attached hydrogen (secondary N) is 1. The Morgan fingerprint density at radius 2 is 2.20 bits per heavy atom. The minimum atomic E-state index is 0.556. The normalized spacial score (nSPS) is 12.7. The second kappa shape index (κ2) is 8.43. The second-order valence-electron chi connectivity index (χ2n) is 5.44. The molecule has 0 saturated heterocycles. The summed E-state index contributed by atoms with van der Waals surface area (Å²) >= 11 is 1.34. The van der Waals surface area contributed by atoms with Crippen molar-refractivity contribution in [2.24, 2.45) is 4.99 Å². The van der Waals surface area contributed by atoms with Crippen molar-refractivity contribution in [1.29, 1.82) is 0 Å². The number of nitrogens with zero attached hydrogens (tertiary/aromatic N) is 3. The van der Waals surface area contributed by atoms with Gasteiger partial charge in [-0.2, -0.15) is 0 Å². The Balaban J connectivity index is 2.41. The lowest BCUT2D eigenvalue weighted by atomic mass is 10.2. The highest BCUT2D eigenvalue weighted by Crippen LogP contribution is 2.40. The van der Waals surface area contributed by atoms with Gasteiger partial charge in [0.2, 0.25) is 0 Å². The first kappa shape index (κ1) is 18.7. The molecule has 132 valence electrons. The van der Waals surface area contributed by atoms with Crippen LogP contribution in [0.5, 0.6) is 0 Å². The summed E-state index contributed by atoms with van der Waals surface area (Å²) in [6, 6.07) is 1.91. The van der Waals surface area contributed by atoms with Crippen LogP contribution in [0.4, 0.5) is 11.4 Å². The molecule has 0 aliphatic heterocycles. The molecule has 0 aromatic carbocycles. The highest BCUT2D eigenvalue weighted by atomic mass is 32.1. The van der Waals surface area contributed by atoms with Crippen LogP contribution in [0, 0.1) is 0 Å². The molecule has 2 rings (SSSR count). The van der Waals surface area contributed by atoms with Gasteiger partial charge >= 0.3 is 0 Å². The van der Waals surface area contributed by atoms with Crippen molar-refractivity contribution < 1.29 is 9.53 Å². The molecule has 7 heteroatoms. The van der Waals surface area contributed by atoms with Crippen LogP contribution in [0.2, 0.25) is 0 Å². The summed E-state index contributed by atoms with van der Waals surface area (Å²) in [6.45, 7) is 3.79. The monoisotopic (exact) mass is 358 g/mol. The molecule has 6 nitrogen and oxygen atoms in total. The number of allylic oxidation sites excluding steroid dienone is 3. The van der Waals surface area contributed by atoms with Gasteiger partial charge in [0.25, 0.3) is 0 Å². The van der Waals surface area contributed by atoms with E-state index < -0.39 is 0 Å². The first-order valence-electron chi connectivity index (χ1n) is 7.73. The molecule has 0 aliphatic rings. The predicted octanol–water partition coefficient (Wildman–Crippen LogP) is 3.88. The average Bonchev–Trinajstić information content (AvgIpc) is 2.98. The smallest absolute Gasteiger partial charge is 0.162 e. The SMILES string of the molecule is C/C=C(\C=C(/C)OC)NC=Nc1c(C=O)sc2nccc(N(C)C)c12. The molecule has 0 aliphatic carbocycles. The molecule has 2 aromatic heterocycles. The Morgan fingerprint density at radius 1 is 1.44 bits per heavy atom. The number of aromatic nitrogens is 1. The number of hydrogen-bond acceptors (Lipinski definition) is 6. The fourth-order valence-corrected chi connectivity index (χ4v) is 3.17. The van der Waals surface area contributed by atoms with Crippen molar-refractivity contribution in [1.82, 2.24) is 10.3 Å². The molecule has 2 aromatic rings. The Bertz CT molecular complexity index is 850. The largest absolute Gasteiger partial charge is 0.501 e. The van der Waals surface area contributed by atoms with Gasteiger partial charge in [-0.25, -0.2) is 9.98 Å². The van der Waals surface area contributed by atoms with E-state index in [1.165, 1.54) is 11.3 Å². The van der Waals surface area contributed by atoms with E-state index >= 15 is 0 Å². The molecule has 0 radical (unpaired) electrons. The molecule has 1 N–H and O–H groups in total. The number of pyridine rings is 1. The van der Waals surface area contributed by atoms with Gasteiger partial charge < -0.3 is 15.0 Å². The van der Waals surface area contributed by atoms with Crippen LogP contribution >= 0.6 is 11.3 Å². The van der Waals surface area contributed by atoms with Crippen LogP contribution in [0.25, 0.3) is 10.2 Å². The Hall–Kier alpha value is -2.67. The first-order chi connectivity index (χ1) is 12.0. The molecule has 0 fully saturated rings. The summed E-state index contributed by atoms with van der Waals surface area (Å²) < 4.78 is 5.15. The van der Waals surface area contributed by atoms with E-state index in [0.717, 1.165) is 33.6 Å². The summed E-state index contributed by atoms with van der Waals surface area (Å²) in [4.78, 5) is 23.6. The topological polar surface area (TPSA) is 66.8 Å². The van der Waals surface area contributed by atoms with Gasteiger partial charge in [-0.15, -0.1) is 11.3 Å². The van der Waals surface area contributed by atoms with E-state index in [2.05, 4.69) is 15.3 Å². The quantitative estimate of drug-likeness (QED) is 0.267. The average molecular weight is 358 g/mol. The number of methoxy groups -OCH3 is 1. The van der Waals surface area contributed by atoms with E-state index in [1.807, 2.05) is 51.1 Å². The van der Waals surface area contributed by atoms with Crippen LogP contribution in [-0.2, 0) is 4.74 Å². The third kappa shape index (κ3) is 4.24. The maximum atomic E-state index is 11.5. The molecular weight excluding hydrogens is 336 g/mol. The van der Waals surface area contributed by atoms with Crippen LogP contribution in [0.1, 0.15) is 23.5 Å². The van der Waals surface area contributed by atoms with Gasteiger partial charge in [0, 0.05) is 26.0 Å². The minimum absolute atomic E-state index is 0.556. The van der Waals surface area contributed by atoms with Gasteiger partial charge in [-0.05, 0) is 26.0 Å². The van der Waals surface area contributed by atoms with Crippen molar-refractivity contribution >= 4 is 45.6 Å². The fourth-order valence-electron chi connectivity index (χ4n) is 2.25. The summed E-state index contributed by atoms with van der Waals surface area (Å²) in [5.74, 6) is 0.780. The van der Waals surface area contributed by atoms with Crippen LogP contribution in [0.3, 0.4) is 0 Å². The highest BCUT2D eigenvalue weighted by Gasteiger charge is 2.16. The number of carbonyl (C=O) groups excluding carboxylic acids is 1. The van der Waals surface area contributed by atoms with Crippen LogP contribution < -0.4 is 10.2 Å². The molecule has 0 saturated carbocycles. The zero-order valence-electron chi connectivity index (χ0n) is 15.0. The molecule has 0 unspecified atom stereocenters. The second-order valence-corrected chi connectivity index (χ2v) is 6.47. The molecule has 25 heavy (non-hydrogen) atoms. The number of fused-ring (bicyclic) bond motifs is 1. The van der Waals surface area contributed by atoms with Gasteiger partial charge in [0.1, 0.15) is 4.83 Å². The summed E-state index contributed by atoms with van der Waals surface area (Å²) in [6.07, 6.45) is 7.92. The third-order valence-electron chi connectivity index (χ3n) is 3.58. The number of rotatable bonds is 7. The van der Waals surface area contributed by atoms with E-state index in [9.17, 15) is 4.79 Å². The predicted molar refractivity (Wildman–Crippen MR) is 105 cm³/mol.